The highest BCUT2D eigenvalue weighted by Gasteiger charge is 2.22. The Balaban J connectivity index is 4.05. The molecule has 96 valence electrons. The first-order valence-corrected chi connectivity index (χ1v) is 6.65. The summed E-state index contributed by atoms with van der Waals surface area (Å²) in [6.45, 7) is 12.3. The minimum atomic E-state index is -0.139. The molecule has 0 amide bonds. The van der Waals surface area contributed by atoms with Crippen LogP contribution in [0.15, 0.2) is 0 Å². The Morgan fingerprint density at radius 2 is 1.62 bits per heavy atom. The maximum Gasteiger partial charge on any atom is 0.310 e. The first-order chi connectivity index (χ1) is 7.25. The van der Waals surface area contributed by atoms with Crippen LogP contribution < -0.4 is 0 Å². The molecule has 0 N–H and O–H groups in total. The van der Waals surface area contributed by atoms with Gasteiger partial charge >= 0.3 is 5.97 Å². The van der Waals surface area contributed by atoms with E-state index in [1.54, 1.807) is 0 Å². The Morgan fingerprint density at radius 3 is 2.00 bits per heavy atom. The summed E-state index contributed by atoms with van der Waals surface area (Å²) in [5, 5.41) is 0.0437. The molecule has 0 saturated heterocycles. The highest BCUT2D eigenvalue weighted by molar-refractivity contribution is 7.81. The molecule has 0 heterocycles. The molecule has 0 spiro atoms. The lowest BCUT2D eigenvalue weighted by molar-refractivity contribution is -0.153. The second-order valence-electron chi connectivity index (χ2n) is 5.23. The molecule has 4 atom stereocenters. The molecule has 0 aliphatic heterocycles. The van der Waals surface area contributed by atoms with E-state index in [0.717, 1.165) is 6.42 Å². The van der Waals surface area contributed by atoms with E-state index in [1.807, 2.05) is 20.8 Å². The van der Waals surface area contributed by atoms with Gasteiger partial charge in [-0.2, -0.15) is 12.6 Å². The SMILES string of the molecule is CC(CC(C)C(C)C)OC(=O)C(C)C(C)S. The van der Waals surface area contributed by atoms with E-state index in [4.69, 9.17) is 4.74 Å². The fraction of sp³-hybridized carbons (Fsp3) is 0.923. The van der Waals surface area contributed by atoms with Gasteiger partial charge in [-0.1, -0.05) is 34.6 Å². The van der Waals surface area contributed by atoms with Crippen LogP contribution in [0.1, 0.15) is 48.0 Å². The van der Waals surface area contributed by atoms with Gasteiger partial charge < -0.3 is 4.74 Å². The Labute approximate surface area is 106 Å². The van der Waals surface area contributed by atoms with Crippen LogP contribution in [-0.4, -0.2) is 17.3 Å². The molecule has 3 heteroatoms. The van der Waals surface area contributed by atoms with Gasteiger partial charge in [0.05, 0.1) is 12.0 Å². The zero-order chi connectivity index (χ0) is 12.9. The summed E-state index contributed by atoms with van der Waals surface area (Å²) in [5.41, 5.74) is 0. The van der Waals surface area contributed by atoms with Gasteiger partial charge in [-0.15, -0.1) is 0 Å². The van der Waals surface area contributed by atoms with Crippen LogP contribution in [0, 0.1) is 17.8 Å². The number of rotatable bonds is 6. The van der Waals surface area contributed by atoms with Crippen LogP contribution in [-0.2, 0) is 9.53 Å². The monoisotopic (exact) mass is 246 g/mol. The lowest BCUT2D eigenvalue weighted by Gasteiger charge is -2.22. The van der Waals surface area contributed by atoms with E-state index in [2.05, 4.69) is 33.4 Å². The number of esters is 1. The topological polar surface area (TPSA) is 26.3 Å². The standard InChI is InChI=1S/C13H26O2S/c1-8(2)9(3)7-10(4)15-13(14)11(5)12(6)16/h8-12,16H,7H2,1-6H3. The molecule has 0 saturated carbocycles. The highest BCUT2D eigenvalue weighted by atomic mass is 32.1. The Kier molecular flexibility index (Phi) is 7.12. The molecule has 16 heavy (non-hydrogen) atoms. The average Bonchev–Trinajstić information content (AvgIpc) is 2.15. The van der Waals surface area contributed by atoms with Gasteiger partial charge in [-0.25, -0.2) is 0 Å². The second-order valence-corrected chi connectivity index (χ2v) is 6.05. The fourth-order valence-electron chi connectivity index (χ4n) is 1.35. The van der Waals surface area contributed by atoms with Gasteiger partial charge in [0.25, 0.3) is 0 Å². The third-order valence-electron chi connectivity index (χ3n) is 3.25. The van der Waals surface area contributed by atoms with E-state index < -0.39 is 0 Å². The van der Waals surface area contributed by atoms with Crippen molar-refractivity contribution >= 4 is 18.6 Å². The van der Waals surface area contributed by atoms with Crippen molar-refractivity contribution in [1.29, 1.82) is 0 Å². The molecule has 0 aliphatic rings. The van der Waals surface area contributed by atoms with Gasteiger partial charge in [0, 0.05) is 5.25 Å². The molecule has 0 aromatic heterocycles. The molecule has 0 aromatic carbocycles. The first kappa shape index (κ1) is 15.8. The van der Waals surface area contributed by atoms with Gasteiger partial charge in [0.15, 0.2) is 0 Å². The third kappa shape index (κ3) is 5.78. The normalized spacial score (nSPS) is 19.0. The van der Waals surface area contributed by atoms with Crippen molar-refractivity contribution in [2.75, 3.05) is 0 Å². The fourth-order valence-corrected chi connectivity index (χ4v) is 1.47. The molecular formula is C13H26O2S. The largest absolute Gasteiger partial charge is 0.462 e. The summed E-state index contributed by atoms with van der Waals surface area (Å²) in [4.78, 5) is 11.7. The molecule has 0 aromatic rings. The quantitative estimate of drug-likeness (QED) is 0.573. The van der Waals surface area contributed by atoms with Crippen molar-refractivity contribution in [2.24, 2.45) is 17.8 Å². The van der Waals surface area contributed by atoms with Crippen molar-refractivity contribution < 1.29 is 9.53 Å². The van der Waals surface area contributed by atoms with Gasteiger partial charge in [-0.3, -0.25) is 4.79 Å². The second kappa shape index (κ2) is 7.21. The van der Waals surface area contributed by atoms with E-state index in [-0.39, 0.29) is 23.2 Å². The van der Waals surface area contributed by atoms with E-state index in [1.165, 1.54) is 0 Å². The van der Waals surface area contributed by atoms with Crippen LogP contribution in [0.5, 0.6) is 0 Å². The van der Waals surface area contributed by atoms with Crippen molar-refractivity contribution in [2.45, 2.75) is 59.3 Å². The van der Waals surface area contributed by atoms with E-state index in [9.17, 15) is 4.79 Å². The highest BCUT2D eigenvalue weighted by Crippen LogP contribution is 2.19. The number of hydrogen-bond acceptors (Lipinski definition) is 3. The smallest absolute Gasteiger partial charge is 0.310 e. The number of ether oxygens (including phenoxy) is 1. The predicted octanol–water partition coefficient (Wildman–Crippen LogP) is 3.55. The maximum absolute atomic E-state index is 11.7. The summed E-state index contributed by atoms with van der Waals surface area (Å²) in [7, 11) is 0. The minimum absolute atomic E-state index is 0.000525. The lowest BCUT2D eigenvalue weighted by atomic mass is 9.92. The molecule has 0 bridgehead atoms. The number of carbonyl (C=O) groups excluding carboxylic acids is 1. The molecule has 2 nitrogen and oxygen atoms in total. The Hall–Kier alpha value is -0.180. The predicted molar refractivity (Wildman–Crippen MR) is 71.8 cm³/mol. The van der Waals surface area contributed by atoms with E-state index in [0.29, 0.717) is 11.8 Å². The average molecular weight is 246 g/mol. The van der Waals surface area contributed by atoms with Crippen LogP contribution in [0.25, 0.3) is 0 Å². The molecule has 0 radical (unpaired) electrons. The minimum Gasteiger partial charge on any atom is -0.462 e. The lowest BCUT2D eigenvalue weighted by Crippen LogP contribution is -2.27. The van der Waals surface area contributed by atoms with E-state index >= 15 is 0 Å². The summed E-state index contributed by atoms with van der Waals surface area (Å²) in [6, 6.07) is 0. The third-order valence-corrected chi connectivity index (χ3v) is 3.70. The van der Waals surface area contributed by atoms with Crippen LogP contribution in [0.3, 0.4) is 0 Å². The zero-order valence-electron chi connectivity index (χ0n) is 11.4. The number of hydrogen-bond donors (Lipinski definition) is 1. The zero-order valence-corrected chi connectivity index (χ0v) is 12.3. The summed E-state index contributed by atoms with van der Waals surface area (Å²) < 4.78 is 5.41. The molecule has 4 unspecified atom stereocenters. The van der Waals surface area contributed by atoms with Gasteiger partial charge in [-0.05, 0) is 25.2 Å². The molecular weight excluding hydrogens is 220 g/mol. The molecule has 0 aliphatic carbocycles. The number of carbonyl (C=O) groups is 1. The number of thiol groups is 1. The Bertz CT molecular complexity index is 214. The van der Waals surface area contributed by atoms with Gasteiger partial charge in [0.2, 0.25) is 0 Å². The van der Waals surface area contributed by atoms with Crippen molar-refractivity contribution in [1.82, 2.24) is 0 Å². The van der Waals surface area contributed by atoms with Gasteiger partial charge in [0.1, 0.15) is 0 Å². The Morgan fingerprint density at radius 1 is 1.12 bits per heavy atom. The summed E-state index contributed by atoms with van der Waals surface area (Å²) in [5.74, 6) is 0.931. The van der Waals surface area contributed by atoms with Crippen molar-refractivity contribution in [3.05, 3.63) is 0 Å². The van der Waals surface area contributed by atoms with Crippen molar-refractivity contribution in [3.63, 3.8) is 0 Å². The maximum atomic E-state index is 11.7. The first-order valence-electron chi connectivity index (χ1n) is 6.14. The van der Waals surface area contributed by atoms with Crippen LogP contribution in [0.2, 0.25) is 0 Å². The molecule has 0 fully saturated rings. The van der Waals surface area contributed by atoms with Crippen molar-refractivity contribution in [3.8, 4) is 0 Å². The van der Waals surface area contributed by atoms with Crippen LogP contribution in [0.4, 0.5) is 0 Å². The van der Waals surface area contributed by atoms with Crippen LogP contribution >= 0.6 is 12.6 Å². The summed E-state index contributed by atoms with van der Waals surface area (Å²) >= 11 is 4.26. The summed E-state index contributed by atoms with van der Waals surface area (Å²) in [6.07, 6.45) is 0.927. The molecule has 0 rings (SSSR count).